The first kappa shape index (κ1) is 13.5. The number of aromatic nitrogens is 1. The van der Waals surface area contributed by atoms with Gasteiger partial charge in [0.25, 0.3) is 5.69 Å². The molecule has 0 aliphatic heterocycles. The van der Waals surface area contributed by atoms with E-state index in [1.165, 1.54) is 16.0 Å². The Labute approximate surface area is 115 Å². The Morgan fingerprint density at radius 1 is 1.42 bits per heavy atom. The van der Waals surface area contributed by atoms with Gasteiger partial charge in [-0.15, -0.1) is 11.3 Å². The molecular formula is C13H15N3O2S. The van der Waals surface area contributed by atoms with Gasteiger partial charge in [0.1, 0.15) is 12.0 Å². The number of rotatable bonds is 4. The molecule has 6 heteroatoms. The molecule has 0 aromatic carbocycles. The largest absolute Gasteiger partial charge is 0.355 e. The van der Waals surface area contributed by atoms with Crippen LogP contribution in [0, 0.1) is 24.0 Å². The highest BCUT2D eigenvalue weighted by Gasteiger charge is 2.13. The number of nitro groups is 1. The summed E-state index contributed by atoms with van der Waals surface area (Å²) in [6, 6.07) is 5.93. The van der Waals surface area contributed by atoms with Crippen molar-refractivity contribution in [3.05, 3.63) is 49.8 Å². The number of hydrogen-bond acceptors (Lipinski definition) is 5. The summed E-state index contributed by atoms with van der Waals surface area (Å²) in [7, 11) is 1.93. The van der Waals surface area contributed by atoms with Gasteiger partial charge >= 0.3 is 0 Å². The molecule has 0 unspecified atom stereocenters. The van der Waals surface area contributed by atoms with E-state index >= 15 is 0 Å². The van der Waals surface area contributed by atoms with Crippen LogP contribution in [-0.4, -0.2) is 17.0 Å². The number of pyridine rings is 1. The topological polar surface area (TPSA) is 59.3 Å². The Morgan fingerprint density at radius 3 is 2.68 bits per heavy atom. The van der Waals surface area contributed by atoms with Gasteiger partial charge in [0.15, 0.2) is 0 Å². The van der Waals surface area contributed by atoms with E-state index in [0.29, 0.717) is 5.56 Å². The lowest BCUT2D eigenvalue weighted by Crippen LogP contribution is -2.17. The average molecular weight is 277 g/mol. The van der Waals surface area contributed by atoms with Crippen LogP contribution in [0.25, 0.3) is 0 Å². The van der Waals surface area contributed by atoms with Gasteiger partial charge in [-0.1, -0.05) is 0 Å². The van der Waals surface area contributed by atoms with Gasteiger partial charge in [-0.05, 0) is 32.0 Å². The summed E-state index contributed by atoms with van der Waals surface area (Å²) in [4.78, 5) is 19.0. The molecule has 2 aromatic rings. The molecule has 0 fully saturated rings. The van der Waals surface area contributed by atoms with Gasteiger partial charge in [0.2, 0.25) is 0 Å². The molecule has 0 N–H and O–H groups in total. The van der Waals surface area contributed by atoms with Crippen LogP contribution in [-0.2, 0) is 6.54 Å². The summed E-state index contributed by atoms with van der Waals surface area (Å²) < 4.78 is 0. The van der Waals surface area contributed by atoms with Crippen LogP contribution in [0.1, 0.15) is 15.3 Å². The van der Waals surface area contributed by atoms with Crippen molar-refractivity contribution in [2.24, 2.45) is 0 Å². The van der Waals surface area contributed by atoms with E-state index in [2.05, 4.69) is 24.0 Å². The van der Waals surface area contributed by atoms with Crippen molar-refractivity contribution in [2.75, 3.05) is 11.9 Å². The SMILES string of the molecule is Cc1ccc(CN(C)c2cc(C)c([N+](=O)[O-])cn2)s1. The Morgan fingerprint density at radius 2 is 2.16 bits per heavy atom. The summed E-state index contributed by atoms with van der Waals surface area (Å²) in [5, 5.41) is 10.8. The quantitative estimate of drug-likeness (QED) is 0.635. The second-order valence-corrected chi connectivity index (χ2v) is 5.83. The Balaban J connectivity index is 2.17. The van der Waals surface area contributed by atoms with Crippen molar-refractivity contribution < 1.29 is 4.92 Å². The molecule has 0 amide bonds. The molecule has 0 aliphatic rings. The molecule has 0 radical (unpaired) electrons. The summed E-state index contributed by atoms with van der Waals surface area (Å²) in [5.74, 6) is 0.745. The lowest BCUT2D eigenvalue weighted by atomic mass is 10.2. The molecule has 5 nitrogen and oxygen atoms in total. The van der Waals surface area contributed by atoms with Gasteiger partial charge in [-0.3, -0.25) is 10.1 Å². The highest BCUT2D eigenvalue weighted by atomic mass is 32.1. The molecule has 0 aliphatic carbocycles. The fraction of sp³-hybridized carbons (Fsp3) is 0.308. The highest BCUT2D eigenvalue weighted by molar-refractivity contribution is 7.11. The van der Waals surface area contributed by atoms with Crippen LogP contribution in [0.3, 0.4) is 0 Å². The molecule has 100 valence electrons. The van der Waals surface area contributed by atoms with E-state index < -0.39 is 4.92 Å². The third kappa shape index (κ3) is 3.08. The van der Waals surface area contributed by atoms with E-state index in [-0.39, 0.29) is 5.69 Å². The monoisotopic (exact) mass is 277 g/mol. The van der Waals surface area contributed by atoms with Crippen LogP contribution in [0.15, 0.2) is 24.4 Å². The fourth-order valence-corrected chi connectivity index (χ4v) is 2.76. The minimum Gasteiger partial charge on any atom is -0.355 e. The van der Waals surface area contributed by atoms with Crippen molar-refractivity contribution >= 4 is 22.8 Å². The van der Waals surface area contributed by atoms with Crippen molar-refractivity contribution in [1.29, 1.82) is 0 Å². The lowest BCUT2D eigenvalue weighted by molar-refractivity contribution is -0.385. The van der Waals surface area contributed by atoms with E-state index in [1.54, 1.807) is 24.3 Å². The Kier molecular flexibility index (Phi) is 3.80. The number of thiophene rings is 1. The van der Waals surface area contributed by atoms with Gasteiger partial charge in [0, 0.05) is 22.4 Å². The third-order valence-corrected chi connectivity index (χ3v) is 3.83. The zero-order valence-corrected chi connectivity index (χ0v) is 11.9. The first-order valence-corrected chi connectivity index (χ1v) is 6.66. The molecule has 2 rings (SSSR count). The third-order valence-electron chi connectivity index (χ3n) is 2.85. The van der Waals surface area contributed by atoms with Crippen molar-refractivity contribution in [3.63, 3.8) is 0 Å². The van der Waals surface area contributed by atoms with E-state index in [0.717, 1.165) is 12.4 Å². The highest BCUT2D eigenvalue weighted by Crippen LogP contribution is 2.23. The predicted molar refractivity (Wildman–Crippen MR) is 76.8 cm³/mol. The second kappa shape index (κ2) is 5.36. The number of nitrogens with zero attached hydrogens (tertiary/aromatic N) is 3. The zero-order valence-electron chi connectivity index (χ0n) is 11.1. The van der Waals surface area contributed by atoms with Crippen LogP contribution in [0.5, 0.6) is 0 Å². The van der Waals surface area contributed by atoms with Crippen LogP contribution in [0.4, 0.5) is 11.5 Å². The van der Waals surface area contributed by atoms with E-state index in [9.17, 15) is 10.1 Å². The molecule has 0 saturated heterocycles. The fourth-order valence-electron chi connectivity index (χ4n) is 1.82. The summed E-state index contributed by atoms with van der Waals surface area (Å²) in [6.45, 7) is 4.55. The minimum absolute atomic E-state index is 0.0594. The molecule has 0 bridgehead atoms. The molecule has 2 aromatic heterocycles. The standard InChI is InChI=1S/C13H15N3O2S/c1-9-6-13(14-7-12(9)16(17)18)15(3)8-11-5-4-10(2)19-11/h4-7H,8H2,1-3H3. The number of hydrogen-bond donors (Lipinski definition) is 0. The van der Waals surface area contributed by atoms with Crippen molar-refractivity contribution in [3.8, 4) is 0 Å². The molecule has 2 heterocycles. The maximum Gasteiger partial charge on any atom is 0.290 e. The molecule has 0 spiro atoms. The summed E-state index contributed by atoms with van der Waals surface area (Å²) >= 11 is 1.75. The maximum absolute atomic E-state index is 10.8. The number of aryl methyl sites for hydroxylation is 2. The van der Waals surface area contributed by atoms with Crippen LogP contribution in [0.2, 0.25) is 0 Å². The minimum atomic E-state index is -0.408. The number of anilines is 1. The first-order chi connectivity index (χ1) is 8.97. The Bertz CT molecular complexity index is 610. The van der Waals surface area contributed by atoms with Crippen LogP contribution < -0.4 is 4.90 Å². The van der Waals surface area contributed by atoms with Gasteiger partial charge < -0.3 is 4.90 Å². The van der Waals surface area contributed by atoms with E-state index in [4.69, 9.17) is 0 Å². The van der Waals surface area contributed by atoms with Gasteiger partial charge in [-0.25, -0.2) is 4.98 Å². The first-order valence-electron chi connectivity index (χ1n) is 5.85. The second-order valence-electron chi connectivity index (χ2n) is 4.45. The zero-order chi connectivity index (χ0) is 14.0. The van der Waals surface area contributed by atoms with Crippen molar-refractivity contribution in [1.82, 2.24) is 4.98 Å². The van der Waals surface area contributed by atoms with Gasteiger partial charge in [0.05, 0.1) is 11.5 Å². The van der Waals surface area contributed by atoms with Crippen molar-refractivity contribution in [2.45, 2.75) is 20.4 Å². The van der Waals surface area contributed by atoms with E-state index in [1.807, 2.05) is 11.9 Å². The lowest BCUT2D eigenvalue weighted by Gasteiger charge is -2.17. The van der Waals surface area contributed by atoms with Gasteiger partial charge in [-0.2, -0.15) is 0 Å². The molecular weight excluding hydrogens is 262 g/mol. The van der Waals surface area contributed by atoms with Crippen LogP contribution >= 0.6 is 11.3 Å². The molecule has 0 atom stereocenters. The summed E-state index contributed by atoms with van der Waals surface area (Å²) in [5.41, 5.74) is 0.688. The molecule has 0 saturated carbocycles. The smallest absolute Gasteiger partial charge is 0.290 e. The average Bonchev–Trinajstić information content (AvgIpc) is 2.74. The predicted octanol–water partition coefficient (Wildman–Crippen LogP) is 3.30. The summed E-state index contributed by atoms with van der Waals surface area (Å²) in [6.07, 6.45) is 1.32. The normalized spacial score (nSPS) is 10.5. The molecule has 19 heavy (non-hydrogen) atoms. The maximum atomic E-state index is 10.8. The Hall–Kier alpha value is -1.95.